The van der Waals surface area contributed by atoms with Gasteiger partial charge in [-0.15, -0.1) is 0 Å². The van der Waals surface area contributed by atoms with Gasteiger partial charge in [-0.2, -0.15) is 0 Å². The molecule has 8 heteroatoms. The second-order valence-corrected chi connectivity index (χ2v) is 10.3. The Balaban J connectivity index is 1.25. The van der Waals surface area contributed by atoms with Crippen LogP contribution >= 0.6 is 0 Å². The van der Waals surface area contributed by atoms with E-state index in [1.807, 2.05) is 90.5 Å². The van der Waals surface area contributed by atoms with Crippen LogP contribution in [0.2, 0.25) is 0 Å². The van der Waals surface area contributed by atoms with Gasteiger partial charge in [-0.1, -0.05) is 66.7 Å². The molecule has 0 radical (unpaired) electrons. The Bertz CT molecular complexity index is 1560. The number of carbonyl (C=O) groups is 3. The zero-order valence-electron chi connectivity index (χ0n) is 21.7. The number of hydrogen-bond donors (Lipinski definition) is 2. The van der Waals surface area contributed by atoms with Crippen LogP contribution in [0.15, 0.2) is 85.1 Å². The average molecular weight is 523 g/mol. The zero-order chi connectivity index (χ0) is 27.1. The van der Waals surface area contributed by atoms with Gasteiger partial charge in [0.25, 0.3) is 5.91 Å². The molecular weight excluding hydrogens is 492 g/mol. The summed E-state index contributed by atoms with van der Waals surface area (Å²) in [6, 6.07) is 23.4. The Morgan fingerprint density at radius 1 is 0.974 bits per heavy atom. The third-order valence-corrected chi connectivity index (χ3v) is 7.74. The molecule has 2 aliphatic rings. The summed E-state index contributed by atoms with van der Waals surface area (Å²) in [7, 11) is 1.87. The third kappa shape index (κ3) is 4.57. The monoisotopic (exact) mass is 522 g/mol. The average Bonchev–Trinajstić information content (AvgIpc) is 3.51. The topological polar surface area (TPSA) is 94.9 Å². The van der Waals surface area contributed by atoms with Crippen molar-refractivity contribution >= 4 is 34.3 Å². The lowest BCUT2D eigenvalue weighted by Gasteiger charge is -2.35. The Labute approximate surface area is 226 Å². The molecule has 0 spiro atoms. The molecule has 2 aliphatic heterocycles. The predicted octanol–water partition coefficient (Wildman–Crippen LogP) is 3.03. The Morgan fingerprint density at radius 2 is 1.69 bits per heavy atom. The first-order valence-electron chi connectivity index (χ1n) is 13.2. The highest BCUT2D eigenvalue weighted by Crippen LogP contribution is 2.30. The van der Waals surface area contributed by atoms with E-state index in [9.17, 15) is 19.5 Å². The number of nitrogens with zero attached hydrogens (tertiary/aromatic N) is 3. The first kappa shape index (κ1) is 24.9. The van der Waals surface area contributed by atoms with Crippen molar-refractivity contribution in [1.82, 2.24) is 14.8 Å². The number of aliphatic hydroxyl groups excluding tert-OH is 1. The number of likely N-dealkylation sites (tertiary alicyclic amines) is 1. The van der Waals surface area contributed by atoms with Crippen molar-refractivity contribution in [2.45, 2.75) is 37.6 Å². The lowest BCUT2D eigenvalue weighted by Crippen LogP contribution is -2.56. The van der Waals surface area contributed by atoms with Gasteiger partial charge in [0.1, 0.15) is 12.1 Å². The van der Waals surface area contributed by atoms with Crippen molar-refractivity contribution in [3.8, 4) is 0 Å². The lowest BCUT2D eigenvalue weighted by atomic mass is 9.96. The predicted molar refractivity (Wildman–Crippen MR) is 148 cm³/mol. The van der Waals surface area contributed by atoms with Crippen LogP contribution in [-0.4, -0.2) is 57.0 Å². The summed E-state index contributed by atoms with van der Waals surface area (Å²) in [4.78, 5) is 44.1. The molecule has 1 aromatic heterocycles. The Morgan fingerprint density at radius 3 is 2.51 bits per heavy atom. The van der Waals surface area contributed by atoms with E-state index in [1.54, 1.807) is 11.1 Å². The number of para-hydroxylation sites is 2. The number of hydrogen-bond acceptors (Lipinski definition) is 4. The highest BCUT2D eigenvalue weighted by atomic mass is 16.3. The number of benzene rings is 3. The largest absolute Gasteiger partial charge is 0.391 e. The highest BCUT2D eigenvalue weighted by Gasteiger charge is 2.42. The third-order valence-electron chi connectivity index (χ3n) is 7.74. The maximum Gasteiger partial charge on any atom is 0.256 e. The molecule has 0 bridgehead atoms. The minimum Gasteiger partial charge on any atom is -0.391 e. The van der Waals surface area contributed by atoms with Crippen molar-refractivity contribution in [1.29, 1.82) is 0 Å². The van der Waals surface area contributed by atoms with Gasteiger partial charge in [-0.25, -0.2) is 0 Å². The van der Waals surface area contributed by atoms with Gasteiger partial charge in [-0.05, 0) is 23.3 Å². The van der Waals surface area contributed by atoms with E-state index in [0.717, 1.165) is 27.7 Å². The van der Waals surface area contributed by atoms with Crippen molar-refractivity contribution < 1.29 is 19.5 Å². The maximum absolute atomic E-state index is 13.7. The van der Waals surface area contributed by atoms with Gasteiger partial charge in [0.05, 0.1) is 18.2 Å². The normalized spacial score (nSPS) is 20.8. The minimum absolute atomic E-state index is 0.0573. The maximum atomic E-state index is 13.7. The molecule has 3 heterocycles. The molecule has 3 amide bonds. The van der Waals surface area contributed by atoms with E-state index < -0.39 is 24.1 Å². The number of amides is 3. The second kappa shape index (κ2) is 10.0. The fraction of sp³-hybridized carbons (Fsp3) is 0.258. The highest BCUT2D eigenvalue weighted by molar-refractivity contribution is 6.09. The SMILES string of the molecule is Cn1cc(C(=O)N2C[C@H](O)CC2C(=O)NC2Cc3ccccc3N(Cc3ccccc3)C2=O)c2ccccc21. The van der Waals surface area contributed by atoms with E-state index >= 15 is 0 Å². The number of nitrogens with one attached hydrogen (secondary N) is 1. The number of aromatic nitrogens is 1. The molecule has 0 saturated carbocycles. The number of β-amino-alcohol motifs (C(OH)–C–C–N with tert-alkyl or cyclic N) is 1. The van der Waals surface area contributed by atoms with Gasteiger partial charge >= 0.3 is 0 Å². The van der Waals surface area contributed by atoms with Crippen LogP contribution in [-0.2, 0) is 29.6 Å². The van der Waals surface area contributed by atoms with Gasteiger partial charge < -0.3 is 24.8 Å². The van der Waals surface area contributed by atoms with Gasteiger partial charge in [0.2, 0.25) is 11.8 Å². The van der Waals surface area contributed by atoms with Crippen LogP contribution in [0.3, 0.4) is 0 Å². The van der Waals surface area contributed by atoms with Crippen LogP contribution in [0.4, 0.5) is 5.69 Å². The number of aryl methyl sites for hydroxylation is 1. The van der Waals surface area contributed by atoms with Crippen LogP contribution in [0.5, 0.6) is 0 Å². The standard InChI is InChI=1S/C31H30N4O4/c1-33-19-24(23-12-6-8-14-27(23)33)30(38)35-18-22(36)16-28(35)29(37)32-25-15-21-11-5-7-13-26(21)34(31(25)39)17-20-9-3-2-4-10-20/h2-14,19,22,25,28,36H,15-18H2,1H3,(H,32,37)/t22-,25?,28?/m1/s1. The summed E-state index contributed by atoms with van der Waals surface area (Å²) in [6.45, 7) is 0.443. The number of anilines is 1. The van der Waals surface area contributed by atoms with E-state index in [-0.39, 0.29) is 24.8 Å². The number of fused-ring (bicyclic) bond motifs is 2. The van der Waals surface area contributed by atoms with Crippen molar-refractivity contribution in [3.05, 3.63) is 102 Å². The summed E-state index contributed by atoms with van der Waals surface area (Å²) in [5.41, 5.74) is 4.18. The molecule has 198 valence electrons. The minimum atomic E-state index is -0.876. The van der Waals surface area contributed by atoms with E-state index in [2.05, 4.69) is 5.32 Å². The summed E-state index contributed by atoms with van der Waals surface area (Å²) < 4.78 is 1.88. The second-order valence-electron chi connectivity index (χ2n) is 10.3. The number of aliphatic hydroxyl groups is 1. The number of rotatable bonds is 5. The quantitative estimate of drug-likeness (QED) is 0.421. The summed E-state index contributed by atoms with van der Waals surface area (Å²) in [6.07, 6.45) is 1.42. The molecule has 0 aliphatic carbocycles. The summed E-state index contributed by atoms with van der Waals surface area (Å²) in [5.74, 6) is -0.941. The van der Waals surface area contributed by atoms with Crippen molar-refractivity contribution in [3.63, 3.8) is 0 Å². The van der Waals surface area contributed by atoms with Gasteiger partial charge in [-0.3, -0.25) is 14.4 Å². The first-order chi connectivity index (χ1) is 18.9. The van der Waals surface area contributed by atoms with Gasteiger partial charge in [0, 0.05) is 49.2 Å². The molecule has 8 nitrogen and oxygen atoms in total. The number of carbonyl (C=O) groups excluding carboxylic acids is 3. The fourth-order valence-corrected chi connectivity index (χ4v) is 5.82. The molecule has 6 rings (SSSR count). The first-order valence-corrected chi connectivity index (χ1v) is 13.2. The Hall–Kier alpha value is -4.43. The molecule has 3 aromatic carbocycles. The van der Waals surface area contributed by atoms with Crippen LogP contribution < -0.4 is 10.2 Å². The molecule has 2 unspecified atom stereocenters. The molecule has 1 saturated heterocycles. The lowest BCUT2D eigenvalue weighted by molar-refractivity contribution is -0.130. The van der Waals surface area contributed by atoms with Crippen LogP contribution in [0.25, 0.3) is 10.9 Å². The Kier molecular flexibility index (Phi) is 6.40. The molecule has 4 aromatic rings. The molecule has 2 N–H and O–H groups in total. The van der Waals surface area contributed by atoms with E-state index in [4.69, 9.17) is 0 Å². The van der Waals surface area contributed by atoms with E-state index in [0.29, 0.717) is 18.5 Å². The van der Waals surface area contributed by atoms with Crippen molar-refractivity contribution in [2.24, 2.45) is 7.05 Å². The smallest absolute Gasteiger partial charge is 0.256 e. The molecular formula is C31H30N4O4. The summed E-state index contributed by atoms with van der Waals surface area (Å²) >= 11 is 0. The molecule has 1 fully saturated rings. The zero-order valence-corrected chi connectivity index (χ0v) is 21.7. The van der Waals surface area contributed by atoms with Gasteiger partial charge in [0.15, 0.2) is 0 Å². The fourth-order valence-electron chi connectivity index (χ4n) is 5.82. The molecule has 39 heavy (non-hydrogen) atoms. The van der Waals surface area contributed by atoms with Crippen LogP contribution in [0.1, 0.15) is 27.9 Å². The van der Waals surface area contributed by atoms with E-state index in [1.165, 1.54) is 4.90 Å². The van der Waals surface area contributed by atoms with Crippen molar-refractivity contribution in [2.75, 3.05) is 11.4 Å². The molecule has 3 atom stereocenters. The van der Waals surface area contributed by atoms with Crippen LogP contribution in [0, 0.1) is 0 Å². The summed E-state index contributed by atoms with van der Waals surface area (Å²) in [5, 5.41) is 14.2.